The average molecular weight is 704 g/mol. The molecule has 3 aromatic carbocycles. The van der Waals surface area contributed by atoms with Gasteiger partial charge in [0.1, 0.15) is 42.8 Å². The number of aromatic nitrogens is 1. The van der Waals surface area contributed by atoms with Crippen LogP contribution < -0.4 is 24.7 Å². The Bertz CT molecular complexity index is 2090. The maximum Gasteiger partial charge on any atom is 0.414 e. The molecule has 14 heteroatoms. The molecule has 1 aromatic heterocycles. The maximum atomic E-state index is 16.1. The van der Waals surface area contributed by atoms with E-state index in [1.807, 2.05) is 27.7 Å². The van der Waals surface area contributed by atoms with Crippen LogP contribution in [0.15, 0.2) is 65.6 Å². The first-order chi connectivity index (χ1) is 24.6. The van der Waals surface area contributed by atoms with E-state index in [1.54, 1.807) is 12.1 Å². The van der Waals surface area contributed by atoms with Crippen LogP contribution in [0.4, 0.5) is 25.0 Å². The number of amides is 1. The van der Waals surface area contributed by atoms with Gasteiger partial charge in [-0.05, 0) is 43.0 Å². The normalized spacial score (nSPS) is 22.6. The minimum atomic E-state index is -1.39. The van der Waals surface area contributed by atoms with Crippen molar-refractivity contribution in [3.05, 3.63) is 93.8 Å². The standard InChI is InChI=1S/C37H35F2N3O9/c38-28-12-23(42-15-25(17-43)51-36(42)46)8-9-30(28)50-20-37(47)10-11-40-24(14-37)19-48-34-31-26(13-29(39)32(34)40)33(44)27(16-41(31)22-6-7-22)35(45)49-18-21-4-2-1-3-5-21/h1-5,8-9,12-13,16,22,24-25,43,47H,6-7,10-11,14-15,17-20H2/t24-,25+,37-/m0/s1. The van der Waals surface area contributed by atoms with Gasteiger partial charge in [0.05, 0.1) is 35.8 Å². The summed E-state index contributed by atoms with van der Waals surface area (Å²) in [6, 6.07) is 13.8. The molecular formula is C37H35F2N3O9. The third kappa shape index (κ3) is 6.12. The number of nitrogens with zero attached hydrogens (tertiary/aromatic N) is 3. The van der Waals surface area contributed by atoms with E-state index in [2.05, 4.69) is 0 Å². The molecule has 4 aliphatic rings. The number of ether oxygens (including phenoxy) is 4. The Kier molecular flexibility index (Phi) is 8.30. The molecule has 2 saturated heterocycles. The molecule has 1 saturated carbocycles. The van der Waals surface area contributed by atoms with Gasteiger partial charge in [-0.15, -0.1) is 0 Å². The van der Waals surface area contributed by atoms with Crippen molar-refractivity contribution >= 4 is 34.3 Å². The van der Waals surface area contributed by atoms with Crippen molar-refractivity contribution in [3.63, 3.8) is 0 Å². The summed E-state index contributed by atoms with van der Waals surface area (Å²) in [5.74, 6) is -2.13. The summed E-state index contributed by atoms with van der Waals surface area (Å²) < 4.78 is 55.3. The second-order valence-electron chi connectivity index (χ2n) is 13.5. The first-order valence-electron chi connectivity index (χ1n) is 16.9. The summed E-state index contributed by atoms with van der Waals surface area (Å²) in [7, 11) is 0. The monoisotopic (exact) mass is 703 g/mol. The van der Waals surface area contributed by atoms with Crippen LogP contribution in [0.25, 0.3) is 10.9 Å². The van der Waals surface area contributed by atoms with E-state index >= 15 is 8.78 Å². The van der Waals surface area contributed by atoms with E-state index in [-0.39, 0.29) is 92.2 Å². The molecular weight excluding hydrogens is 668 g/mol. The Morgan fingerprint density at radius 2 is 1.84 bits per heavy atom. The van der Waals surface area contributed by atoms with Gasteiger partial charge in [0.15, 0.2) is 23.1 Å². The minimum absolute atomic E-state index is 0.00402. The van der Waals surface area contributed by atoms with Crippen molar-refractivity contribution < 1.29 is 47.5 Å². The SMILES string of the molecule is O=C(OCc1ccccc1)c1cn(C2CC2)c2c3c(c(F)cc2c1=O)N1CC[C@@](O)(COc2ccc(N4C[C@H](CO)OC4=O)cc2F)C[C@H]1CO3. The topological polar surface area (TPSA) is 140 Å². The third-order valence-corrected chi connectivity index (χ3v) is 9.95. The lowest BCUT2D eigenvalue weighted by Gasteiger charge is -2.47. The predicted octanol–water partition coefficient (Wildman–Crippen LogP) is 4.46. The summed E-state index contributed by atoms with van der Waals surface area (Å²) in [4.78, 5) is 41.9. The van der Waals surface area contributed by atoms with Crippen molar-refractivity contribution in [1.82, 2.24) is 4.57 Å². The molecule has 51 heavy (non-hydrogen) atoms. The molecule has 0 bridgehead atoms. The average Bonchev–Trinajstić information content (AvgIpc) is 3.91. The molecule has 0 radical (unpaired) electrons. The van der Waals surface area contributed by atoms with Crippen LogP contribution in [0.3, 0.4) is 0 Å². The zero-order valence-electron chi connectivity index (χ0n) is 27.4. The van der Waals surface area contributed by atoms with Crippen molar-refractivity contribution in [3.8, 4) is 11.5 Å². The number of pyridine rings is 1. The highest BCUT2D eigenvalue weighted by Gasteiger charge is 2.44. The van der Waals surface area contributed by atoms with Gasteiger partial charge in [0, 0.05) is 31.3 Å². The van der Waals surface area contributed by atoms with Crippen molar-refractivity contribution in [2.24, 2.45) is 0 Å². The van der Waals surface area contributed by atoms with Crippen molar-refractivity contribution in [2.75, 3.05) is 42.7 Å². The summed E-state index contributed by atoms with van der Waals surface area (Å²) in [6.45, 7) is -0.219. The van der Waals surface area contributed by atoms with Gasteiger partial charge < -0.3 is 38.6 Å². The summed E-state index contributed by atoms with van der Waals surface area (Å²) in [5, 5.41) is 20.8. The van der Waals surface area contributed by atoms with Gasteiger partial charge in [-0.25, -0.2) is 18.4 Å². The first-order valence-corrected chi connectivity index (χ1v) is 16.9. The zero-order valence-corrected chi connectivity index (χ0v) is 27.4. The second kappa shape index (κ2) is 12.8. The number of rotatable bonds is 9. The molecule has 1 aliphatic carbocycles. The fourth-order valence-corrected chi connectivity index (χ4v) is 7.16. The number of esters is 1. The quantitative estimate of drug-likeness (QED) is 0.240. The van der Waals surface area contributed by atoms with E-state index in [4.69, 9.17) is 18.9 Å². The highest BCUT2D eigenvalue weighted by atomic mass is 19.1. The summed E-state index contributed by atoms with van der Waals surface area (Å²) >= 11 is 0. The van der Waals surface area contributed by atoms with E-state index in [9.17, 15) is 24.6 Å². The van der Waals surface area contributed by atoms with Crippen LogP contribution in [0.5, 0.6) is 11.5 Å². The maximum absolute atomic E-state index is 16.1. The lowest BCUT2D eigenvalue weighted by molar-refractivity contribution is -0.0401. The van der Waals surface area contributed by atoms with Gasteiger partial charge in [-0.1, -0.05) is 30.3 Å². The fraction of sp³-hybridized carbons (Fsp3) is 0.378. The Morgan fingerprint density at radius 1 is 1.04 bits per heavy atom. The number of anilines is 2. The Morgan fingerprint density at radius 3 is 2.57 bits per heavy atom. The molecule has 2 N–H and O–H groups in total. The number of aliphatic hydroxyl groups excluding tert-OH is 1. The number of fused-ring (bicyclic) bond motifs is 5. The molecule has 0 spiro atoms. The fourth-order valence-electron chi connectivity index (χ4n) is 7.16. The van der Waals surface area contributed by atoms with Crippen LogP contribution in [0.2, 0.25) is 0 Å². The van der Waals surface area contributed by atoms with E-state index in [1.165, 1.54) is 23.2 Å². The van der Waals surface area contributed by atoms with E-state index in [0.717, 1.165) is 30.5 Å². The van der Waals surface area contributed by atoms with Gasteiger partial charge in [-0.3, -0.25) is 9.69 Å². The smallest absolute Gasteiger partial charge is 0.414 e. The lowest BCUT2D eigenvalue weighted by Crippen LogP contribution is -2.56. The number of hydrogen-bond donors (Lipinski definition) is 2. The number of hydrogen-bond acceptors (Lipinski definition) is 10. The van der Waals surface area contributed by atoms with Crippen LogP contribution in [-0.4, -0.2) is 77.5 Å². The number of halogens is 2. The summed E-state index contributed by atoms with van der Waals surface area (Å²) in [6.07, 6.45) is 2.04. The molecule has 0 unspecified atom stereocenters. The molecule has 266 valence electrons. The van der Waals surface area contributed by atoms with Crippen LogP contribution >= 0.6 is 0 Å². The molecule has 4 aromatic rings. The zero-order chi connectivity index (χ0) is 35.4. The second-order valence-corrected chi connectivity index (χ2v) is 13.5. The van der Waals surface area contributed by atoms with Gasteiger partial charge in [0.2, 0.25) is 5.43 Å². The number of carbonyl (C=O) groups excluding carboxylic acids is 2. The number of piperidine rings is 1. The number of aliphatic hydroxyl groups is 2. The van der Waals surface area contributed by atoms with E-state index in [0.29, 0.717) is 5.52 Å². The molecule has 1 amide bonds. The third-order valence-electron chi connectivity index (χ3n) is 9.95. The largest absolute Gasteiger partial charge is 0.488 e. The molecule has 3 fully saturated rings. The number of benzene rings is 3. The molecule has 4 heterocycles. The minimum Gasteiger partial charge on any atom is -0.488 e. The highest BCUT2D eigenvalue weighted by Crippen LogP contribution is 2.48. The lowest BCUT2D eigenvalue weighted by atomic mass is 9.86. The van der Waals surface area contributed by atoms with Crippen LogP contribution in [-0.2, 0) is 16.1 Å². The van der Waals surface area contributed by atoms with Crippen molar-refractivity contribution in [2.45, 2.75) is 56.1 Å². The van der Waals surface area contributed by atoms with Gasteiger partial charge in [0.25, 0.3) is 0 Å². The Balaban J connectivity index is 1.01. The molecule has 3 atom stereocenters. The van der Waals surface area contributed by atoms with Crippen LogP contribution in [0, 0.1) is 11.6 Å². The van der Waals surface area contributed by atoms with Gasteiger partial charge in [-0.2, -0.15) is 0 Å². The molecule has 12 nitrogen and oxygen atoms in total. The molecule has 8 rings (SSSR count). The number of cyclic esters (lactones) is 1. The summed E-state index contributed by atoms with van der Waals surface area (Å²) in [5.41, 5.74) is -0.613. The number of carbonyl (C=O) groups is 2. The van der Waals surface area contributed by atoms with Crippen LogP contribution in [0.1, 0.15) is 47.6 Å². The molecule has 3 aliphatic heterocycles. The highest BCUT2D eigenvalue weighted by molar-refractivity contribution is 5.98. The Labute approximate surface area is 290 Å². The van der Waals surface area contributed by atoms with Crippen molar-refractivity contribution in [1.29, 1.82) is 0 Å². The Hall–Kier alpha value is -5.21. The van der Waals surface area contributed by atoms with Gasteiger partial charge >= 0.3 is 12.1 Å². The first kappa shape index (κ1) is 33.0. The predicted molar refractivity (Wildman–Crippen MR) is 179 cm³/mol. The van der Waals surface area contributed by atoms with E-state index < -0.39 is 46.9 Å².